The van der Waals surface area contributed by atoms with Crippen LogP contribution < -0.4 is 5.59 Å². The topological polar surface area (TPSA) is 57.7 Å². The van der Waals surface area contributed by atoms with Crippen molar-refractivity contribution < 1.29 is 27.1 Å². The van der Waals surface area contributed by atoms with Crippen LogP contribution in [0.15, 0.2) is 18.1 Å². The number of pyridine rings is 1. The van der Waals surface area contributed by atoms with Gasteiger partial charge in [-0.15, -0.1) is 0 Å². The summed E-state index contributed by atoms with van der Waals surface area (Å²) in [5.74, 6) is -1.38. The summed E-state index contributed by atoms with van der Waals surface area (Å²) in [6.07, 6.45) is 0. The van der Waals surface area contributed by atoms with E-state index >= 15 is 0 Å². The van der Waals surface area contributed by atoms with Crippen LogP contribution >= 0.6 is 0 Å². The van der Waals surface area contributed by atoms with Crippen molar-refractivity contribution in [2.45, 2.75) is 38.9 Å². The van der Waals surface area contributed by atoms with E-state index in [0.717, 1.165) is 0 Å². The molecule has 0 saturated carbocycles. The Morgan fingerprint density at radius 3 is 2.58 bits per heavy atom. The fourth-order valence-corrected chi connectivity index (χ4v) is 1.54. The number of hydrogen-bond donors (Lipinski definition) is 0. The molecular weight excluding hydrogens is 245 g/mol. The third-order valence-electron chi connectivity index (χ3n) is 3.37. The SMILES string of the molecule is [2H]c1c(B2OC(C)(C)C(C)(C)O2)nc(C(=O)OC([2H])([2H])[2H])c([2H])c1[2H]. The maximum Gasteiger partial charge on any atom is 0.514 e. The average molecular weight is 269 g/mol. The van der Waals surface area contributed by atoms with Crippen molar-refractivity contribution in [1.82, 2.24) is 4.98 Å². The van der Waals surface area contributed by atoms with Crippen molar-refractivity contribution in [3.63, 3.8) is 0 Å². The minimum atomic E-state index is -3.02. The Labute approximate surface area is 121 Å². The zero-order chi connectivity index (χ0) is 19.4. The number of methoxy groups -OCH3 is 1. The maximum atomic E-state index is 12.0. The Morgan fingerprint density at radius 2 is 2.00 bits per heavy atom. The molecule has 1 aromatic rings. The van der Waals surface area contributed by atoms with E-state index < -0.39 is 55.1 Å². The summed E-state index contributed by atoms with van der Waals surface area (Å²) in [5, 5.41) is 0. The third kappa shape index (κ3) is 2.50. The molecule has 2 rings (SSSR count). The van der Waals surface area contributed by atoms with Crippen molar-refractivity contribution in [3.05, 3.63) is 23.8 Å². The second-order valence-corrected chi connectivity index (χ2v) is 5.20. The van der Waals surface area contributed by atoms with Crippen LogP contribution in [-0.2, 0) is 14.0 Å². The lowest BCUT2D eigenvalue weighted by molar-refractivity contribution is 0.00578. The first-order chi connectivity index (χ1) is 11.2. The molecule has 5 nitrogen and oxygen atoms in total. The summed E-state index contributed by atoms with van der Waals surface area (Å²) in [6, 6.07) is -1.73. The van der Waals surface area contributed by atoms with Gasteiger partial charge in [-0.25, -0.2) is 9.78 Å². The Hall–Kier alpha value is -1.40. The molecule has 0 aromatic carbocycles. The molecule has 0 bridgehead atoms. The van der Waals surface area contributed by atoms with Crippen LogP contribution in [0.5, 0.6) is 0 Å². The average Bonchev–Trinajstić information content (AvgIpc) is 2.62. The molecule has 0 spiro atoms. The van der Waals surface area contributed by atoms with E-state index in [4.69, 9.17) is 17.5 Å². The fraction of sp³-hybridized carbons (Fsp3) is 0.538. The van der Waals surface area contributed by atoms with Gasteiger partial charge in [-0.2, -0.15) is 0 Å². The molecule has 1 saturated heterocycles. The molecule has 0 amide bonds. The first-order valence-electron chi connectivity index (χ1n) is 8.73. The number of nitrogens with zero attached hydrogens (tertiary/aromatic N) is 1. The number of rotatable bonds is 2. The molecule has 1 aromatic heterocycles. The van der Waals surface area contributed by atoms with Crippen molar-refractivity contribution in [1.29, 1.82) is 0 Å². The van der Waals surface area contributed by atoms with E-state index in [1.54, 1.807) is 27.7 Å². The summed E-state index contributed by atoms with van der Waals surface area (Å²) < 4.78 is 60.2. The van der Waals surface area contributed by atoms with Crippen molar-refractivity contribution in [2.24, 2.45) is 0 Å². The highest BCUT2D eigenvalue weighted by Crippen LogP contribution is 2.36. The molecule has 0 atom stereocenters. The lowest BCUT2D eigenvalue weighted by Gasteiger charge is -2.32. The maximum absolute atomic E-state index is 12.0. The van der Waals surface area contributed by atoms with Crippen LogP contribution in [0.1, 0.15) is 46.4 Å². The summed E-state index contributed by atoms with van der Waals surface area (Å²) in [4.78, 5) is 15.8. The Bertz CT molecular complexity index is 705. The fourth-order valence-electron chi connectivity index (χ4n) is 1.54. The lowest BCUT2D eigenvalue weighted by Crippen LogP contribution is -2.41. The molecule has 0 radical (unpaired) electrons. The molecule has 102 valence electrons. The van der Waals surface area contributed by atoms with Crippen LogP contribution in [-0.4, -0.2) is 36.3 Å². The van der Waals surface area contributed by atoms with E-state index in [-0.39, 0.29) is 5.59 Å². The van der Waals surface area contributed by atoms with Gasteiger partial charge in [-0.1, -0.05) is 6.04 Å². The minimum Gasteiger partial charge on any atom is -0.464 e. The number of carbonyl (C=O) groups excluding carboxylic acids is 1. The van der Waals surface area contributed by atoms with E-state index in [0.29, 0.717) is 0 Å². The van der Waals surface area contributed by atoms with Crippen LogP contribution in [0.25, 0.3) is 0 Å². The first-order valence-corrected chi connectivity index (χ1v) is 5.73. The highest BCUT2D eigenvalue weighted by atomic mass is 16.7. The van der Waals surface area contributed by atoms with Crippen molar-refractivity contribution >= 4 is 18.7 Å². The summed E-state index contributed by atoms with van der Waals surface area (Å²) in [6.45, 7) is 7.11. The number of hydrogen-bond acceptors (Lipinski definition) is 5. The molecule has 6 heteroatoms. The monoisotopic (exact) mass is 269 g/mol. The van der Waals surface area contributed by atoms with Gasteiger partial charge in [0.05, 0.1) is 32.1 Å². The Balaban J connectivity index is 2.49. The zero-order valence-corrected chi connectivity index (χ0v) is 11.2. The van der Waals surface area contributed by atoms with Crippen LogP contribution in [0.2, 0.25) is 0 Å². The van der Waals surface area contributed by atoms with Gasteiger partial charge in [-0.05, 0) is 39.8 Å². The molecule has 0 aliphatic carbocycles. The van der Waals surface area contributed by atoms with Gasteiger partial charge in [0, 0.05) is 0 Å². The molecule has 1 aliphatic rings. The normalized spacial score (nSPS) is 25.6. The smallest absolute Gasteiger partial charge is 0.464 e. The number of aromatic nitrogens is 1. The van der Waals surface area contributed by atoms with Gasteiger partial charge < -0.3 is 14.0 Å². The lowest BCUT2D eigenvalue weighted by atomic mass is 9.84. The predicted molar refractivity (Wildman–Crippen MR) is 71.3 cm³/mol. The number of carbonyl (C=O) groups is 1. The Kier molecular flexibility index (Phi) is 1.95. The van der Waals surface area contributed by atoms with E-state index in [1.165, 1.54) is 0 Å². The molecule has 1 aliphatic heterocycles. The molecular formula is C13H18BNO4. The highest BCUT2D eigenvalue weighted by molar-refractivity contribution is 6.61. The third-order valence-corrected chi connectivity index (χ3v) is 3.37. The summed E-state index contributed by atoms with van der Waals surface area (Å²) >= 11 is 0. The van der Waals surface area contributed by atoms with Crippen LogP contribution in [0, 0.1) is 0 Å². The van der Waals surface area contributed by atoms with Crippen molar-refractivity contribution in [3.8, 4) is 0 Å². The van der Waals surface area contributed by atoms with Gasteiger partial charge in [0.25, 0.3) is 0 Å². The van der Waals surface area contributed by atoms with Gasteiger partial charge in [0.2, 0.25) is 0 Å². The number of esters is 1. The summed E-state index contributed by atoms with van der Waals surface area (Å²) in [7, 11) is -4.15. The molecule has 2 heterocycles. The van der Waals surface area contributed by atoms with Gasteiger partial charge in [0.15, 0.2) is 0 Å². The van der Waals surface area contributed by atoms with Gasteiger partial charge in [0.1, 0.15) is 5.69 Å². The van der Waals surface area contributed by atoms with Crippen LogP contribution in [0.3, 0.4) is 0 Å². The molecule has 1 fully saturated rings. The standard InChI is InChI=1S/C13H18BNO4/c1-12(2)13(3,4)19-14(18-12)10-8-6-7-9(15-10)11(16)17-5/h6-8H,1-5H3/i5D3,6D,7D,8D. The molecule has 0 unspecified atom stereocenters. The Morgan fingerprint density at radius 1 is 1.37 bits per heavy atom. The molecule has 0 N–H and O–H groups in total. The highest BCUT2D eigenvalue weighted by Gasteiger charge is 2.52. The van der Waals surface area contributed by atoms with Gasteiger partial charge in [-0.3, -0.25) is 0 Å². The second-order valence-electron chi connectivity index (χ2n) is 5.20. The quantitative estimate of drug-likeness (QED) is 0.595. The minimum absolute atomic E-state index is 0.183. The number of ether oxygens (including phenoxy) is 1. The largest absolute Gasteiger partial charge is 0.514 e. The predicted octanol–water partition coefficient (Wildman–Crippen LogP) is 1.17. The molecule has 19 heavy (non-hydrogen) atoms. The van der Waals surface area contributed by atoms with Gasteiger partial charge >= 0.3 is 13.1 Å². The van der Waals surface area contributed by atoms with E-state index in [9.17, 15) is 4.79 Å². The van der Waals surface area contributed by atoms with E-state index in [1.807, 2.05) is 0 Å². The first kappa shape index (κ1) is 8.02. The van der Waals surface area contributed by atoms with Crippen LogP contribution in [0.4, 0.5) is 0 Å². The van der Waals surface area contributed by atoms with E-state index in [2.05, 4.69) is 9.72 Å². The summed E-state index contributed by atoms with van der Waals surface area (Å²) in [5.41, 5.74) is -2.35. The van der Waals surface area contributed by atoms with Crippen molar-refractivity contribution in [2.75, 3.05) is 7.04 Å². The second kappa shape index (κ2) is 4.61. The zero-order valence-electron chi connectivity index (χ0n) is 17.2.